The van der Waals surface area contributed by atoms with Crippen LogP contribution in [0, 0.1) is 5.82 Å². The Kier molecular flexibility index (Phi) is 5.25. The molecule has 0 spiro atoms. The van der Waals surface area contributed by atoms with Crippen LogP contribution in [-0.4, -0.2) is 40.3 Å². The molecule has 19 heavy (non-hydrogen) atoms. The van der Waals surface area contributed by atoms with Crippen LogP contribution in [0.4, 0.5) is 10.1 Å². The Morgan fingerprint density at radius 2 is 2.16 bits per heavy atom. The zero-order valence-electron chi connectivity index (χ0n) is 10.3. The standard InChI is InChI=1S/C11H15FN2O4S/c1-18-5-4-14-11(15)7-19(16,17)10-6-8(12)2-3-9(10)13/h2-3,6H,4-5,7,13H2,1H3,(H,14,15). The molecule has 1 aromatic carbocycles. The van der Waals surface area contributed by atoms with Gasteiger partial charge in [-0.25, -0.2) is 12.8 Å². The lowest BCUT2D eigenvalue weighted by atomic mass is 10.3. The number of hydrogen-bond donors (Lipinski definition) is 2. The number of carbonyl (C=O) groups excluding carboxylic acids is 1. The number of halogens is 1. The summed E-state index contributed by atoms with van der Waals surface area (Å²) in [5.41, 5.74) is 5.38. The van der Waals surface area contributed by atoms with E-state index in [4.69, 9.17) is 10.5 Å². The number of ether oxygens (including phenoxy) is 1. The van der Waals surface area contributed by atoms with Crippen molar-refractivity contribution in [3.8, 4) is 0 Å². The minimum atomic E-state index is -3.97. The lowest BCUT2D eigenvalue weighted by Gasteiger charge is -2.08. The molecular weight excluding hydrogens is 275 g/mol. The highest BCUT2D eigenvalue weighted by Gasteiger charge is 2.22. The average Bonchev–Trinajstić information content (AvgIpc) is 2.32. The maximum atomic E-state index is 13.0. The molecular formula is C11H15FN2O4S. The van der Waals surface area contributed by atoms with E-state index in [1.165, 1.54) is 7.11 Å². The number of amides is 1. The number of carbonyl (C=O) groups is 1. The summed E-state index contributed by atoms with van der Waals surface area (Å²) in [5.74, 6) is -2.21. The van der Waals surface area contributed by atoms with Gasteiger partial charge in [0.15, 0.2) is 9.84 Å². The van der Waals surface area contributed by atoms with E-state index >= 15 is 0 Å². The molecule has 0 radical (unpaired) electrons. The molecule has 0 aliphatic heterocycles. The maximum Gasteiger partial charge on any atom is 0.235 e. The molecule has 0 aliphatic carbocycles. The minimum absolute atomic E-state index is 0.0916. The second kappa shape index (κ2) is 6.48. The van der Waals surface area contributed by atoms with Crippen LogP contribution in [-0.2, 0) is 19.4 Å². The van der Waals surface area contributed by atoms with E-state index in [1.807, 2.05) is 0 Å². The Hall–Kier alpha value is -1.67. The molecule has 0 aliphatic rings. The van der Waals surface area contributed by atoms with E-state index < -0.39 is 27.3 Å². The minimum Gasteiger partial charge on any atom is -0.398 e. The molecule has 6 nitrogen and oxygen atoms in total. The van der Waals surface area contributed by atoms with E-state index in [1.54, 1.807) is 0 Å². The number of nitrogens with one attached hydrogen (secondary N) is 1. The van der Waals surface area contributed by atoms with Crippen molar-refractivity contribution in [3.05, 3.63) is 24.0 Å². The van der Waals surface area contributed by atoms with Crippen molar-refractivity contribution >= 4 is 21.4 Å². The van der Waals surface area contributed by atoms with Gasteiger partial charge in [-0.15, -0.1) is 0 Å². The van der Waals surface area contributed by atoms with E-state index in [2.05, 4.69) is 5.32 Å². The van der Waals surface area contributed by atoms with Crippen molar-refractivity contribution in [2.45, 2.75) is 4.90 Å². The Bertz CT molecular complexity index is 560. The van der Waals surface area contributed by atoms with Gasteiger partial charge in [0.25, 0.3) is 0 Å². The van der Waals surface area contributed by atoms with Crippen LogP contribution in [0.2, 0.25) is 0 Å². The highest BCUT2D eigenvalue weighted by molar-refractivity contribution is 7.92. The van der Waals surface area contributed by atoms with Gasteiger partial charge in [-0.1, -0.05) is 0 Å². The van der Waals surface area contributed by atoms with Crippen LogP contribution < -0.4 is 11.1 Å². The number of anilines is 1. The number of nitrogens with two attached hydrogens (primary N) is 1. The van der Waals surface area contributed by atoms with Gasteiger partial charge in [0.05, 0.1) is 17.2 Å². The van der Waals surface area contributed by atoms with Crippen molar-refractivity contribution in [1.82, 2.24) is 5.32 Å². The van der Waals surface area contributed by atoms with Gasteiger partial charge in [-0.2, -0.15) is 0 Å². The van der Waals surface area contributed by atoms with Crippen LogP contribution in [0.1, 0.15) is 0 Å². The summed E-state index contributed by atoms with van der Waals surface area (Å²) in [5, 5.41) is 2.37. The van der Waals surface area contributed by atoms with Crippen LogP contribution in [0.5, 0.6) is 0 Å². The fraction of sp³-hybridized carbons (Fsp3) is 0.364. The van der Waals surface area contributed by atoms with Crippen molar-refractivity contribution in [2.75, 3.05) is 31.7 Å². The Balaban J connectivity index is 2.81. The van der Waals surface area contributed by atoms with Gasteiger partial charge in [0.2, 0.25) is 5.91 Å². The molecule has 106 valence electrons. The van der Waals surface area contributed by atoms with Crippen molar-refractivity contribution in [2.24, 2.45) is 0 Å². The maximum absolute atomic E-state index is 13.0. The quantitative estimate of drug-likeness (QED) is 0.565. The summed E-state index contributed by atoms with van der Waals surface area (Å²) in [6.07, 6.45) is 0. The summed E-state index contributed by atoms with van der Waals surface area (Å²) in [4.78, 5) is 11.0. The molecule has 0 heterocycles. The van der Waals surface area contributed by atoms with Gasteiger partial charge in [0, 0.05) is 13.7 Å². The third kappa shape index (κ3) is 4.49. The highest BCUT2D eigenvalue weighted by atomic mass is 32.2. The Labute approximate surface area is 110 Å². The summed E-state index contributed by atoms with van der Waals surface area (Å²) in [6, 6.07) is 2.99. The number of benzene rings is 1. The fourth-order valence-electron chi connectivity index (χ4n) is 1.37. The topological polar surface area (TPSA) is 98.5 Å². The lowest BCUT2D eigenvalue weighted by Crippen LogP contribution is -2.32. The third-order valence-corrected chi connectivity index (χ3v) is 3.93. The van der Waals surface area contributed by atoms with Gasteiger partial charge < -0.3 is 15.8 Å². The first-order valence-electron chi connectivity index (χ1n) is 5.40. The number of hydrogen-bond acceptors (Lipinski definition) is 5. The predicted octanol–water partition coefficient (Wildman–Crippen LogP) is -0.0558. The Morgan fingerprint density at radius 3 is 2.79 bits per heavy atom. The number of methoxy groups -OCH3 is 1. The molecule has 0 unspecified atom stereocenters. The molecule has 1 amide bonds. The van der Waals surface area contributed by atoms with Crippen molar-refractivity contribution in [1.29, 1.82) is 0 Å². The molecule has 8 heteroatoms. The smallest absolute Gasteiger partial charge is 0.235 e. The highest BCUT2D eigenvalue weighted by Crippen LogP contribution is 2.20. The van der Waals surface area contributed by atoms with Crippen LogP contribution in [0.3, 0.4) is 0 Å². The van der Waals surface area contributed by atoms with Gasteiger partial charge >= 0.3 is 0 Å². The number of nitrogen functional groups attached to an aromatic ring is 1. The number of rotatable bonds is 6. The molecule has 0 saturated carbocycles. The molecule has 0 atom stereocenters. The van der Waals surface area contributed by atoms with E-state index in [9.17, 15) is 17.6 Å². The molecule has 1 rings (SSSR count). The van der Waals surface area contributed by atoms with Gasteiger partial charge in [-0.05, 0) is 18.2 Å². The normalized spacial score (nSPS) is 11.3. The second-order valence-electron chi connectivity index (χ2n) is 3.78. The average molecular weight is 290 g/mol. The zero-order chi connectivity index (χ0) is 14.5. The summed E-state index contributed by atoms with van der Waals surface area (Å²) >= 11 is 0. The monoisotopic (exact) mass is 290 g/mol. The second-order valence-corrected chi connectivity index (χ2v) is 5.74. The van der Waals surface area contributed by atoms with E-state index in [0.29, 0.717) is 0 Å². The van der Waals surface area contributed by atoms with Crippen LogP contribution >= 0.6 is 0 Å². The van der Waals surface area contributed by atoms with Gasteiger partial charge in [0.1, 0.15) is 11.6 Å². The summed E-state index contributed by atoms with van der Waals surface area (Å²) < 4.78 is 41.6. The third-order valence-electron chi connectivity index (χ3n) is 2.26. The molecule has 3 N–H and O–H groups in total. The predicted molar refractivity (Wildman–Crippen MR) is 67.8 cm³/mol. The first-order valence-corrected chi connectivity index (χ1v) is 7.05. The van der Waals surface area contributed by atoms with Gasteiger partial charge in [-0.3, -0.25) is 4.79 Å². The summed E-state index contributed by atoms with van der Waals surface area (Å²) in [7, 11) is -2.51. The number of sulfone groups is 1. The first-order chi connectivity index (χ1) is 8.86. The zero-order valence-corrected chi connectivity index (χ0v) is 11.2. The molecule has 0 saturated heterocycles. The first kappa shape index (κ1) is 15.4. The lowest BCUT2D eigenvalue weighted by molar-refractivity contribution is -0.118. The molecule has 0 fully saturated rings. The van der Waals surface area contributed by atoms with E-state index in [-0.39, 0.29) is 23.7 Å². The molecule has 1 aromatic rings. The SMILES string of the molecule is COCCNC(=O)CS(=O)(=O)c1cc(F)ccc1N. The fourth-order valence-corrected chi connectivity index (χ4v) is 2.69. The van der Waals surface area contributed by atoms with Crippen LogP contribution in [0.15, 0.2) is 23.1 Å². The van der Waals surface area contributed by atoms with Crippen molar-refractivity contribution in [3.63, 3.8) is 0 Å². The van der Waals surface area contributed by atoms with Crippen molar-refractivity contribution < 1.29 is 22.3 Å². The molecule has 0 bridgehead atoms. The largest absolute Gasteiger partial charge is 0.398 e. The Morgan fingerprint density at radius 1 is 1.47 bits per heavy atom. The molecule has 0 aromatic heterocycles. The van der Waals surface area contributed by atoms with Crippen LogP contribution in [0.25, 0.3) is 0 Å². The van der Waals surface area contributed by atoms with E-state index in [0.717, 1.165) is 18.2 Å². The summed E-state index contributed by atoms with van der Waals surface area (Å²) in [6.45, 7) is 0.470.